The third kappa shape index (κ3) is 8.14. The lowest BCUT2D eigenvalue weighted by atomic mass is 10.1. The number of alkyl halides is 3. The molecular formula is C23H27ClF3N3O4S. The van der Waals surface area contributed by atoms with Gasteiger partial charge in [0.15, 0.2) is 0 Å². The number of hydrogen-bond acceptors (Lipinski definition) is 4. The molecule has 0 bridgehead atoms. The van der Waals surface area contributed by atoms with Crippen molar-refractivity contribution >= 4 is 39.1 Å². The van der Waals surface area contributed by atoms with E-state index in [1.54, 1.807) is 38.1 Å². The fraction of sp³-hybridized carbons (Fsp3) is 0.391. The van der Waals surface area contributed by atoms with Gasteiger partial charge in [0.05, 0.1) is 17.5 Å². The Morgan fingerprint density at radius 3 is 2.17 bits per heavy atom. The molecule has 0 spiro atoms. The van der Waals surface area contributed by atoms with Crippen LogP contribution in [0.25, 0.3) is 0 Å². The molecule has 35 heavy (non-hydrogen) atoms. The molecule has 0 heterocycles. The van der Waals surface area contributed by atoms with Gasteiger partial charge in [-0.2, -0.15) is 13.2 Å². The summed E-state index contributed by atoms with van der Waals surface area (Å²) in [5.74, 6) is -1.23. The van der Waals surface area contributed by atoms with Crippen LogP contribution in [0.2, 0.25) is 5.02 Å². The van der Waals surface area contributed by atoms with E-state index < -0.39 is 46.2 Å². The first-order valence-corrected chi connectivity index (χ1v) is 12.8. The minimum atomic E-state index is -4.70. The molecule has 0 fully saturated rings. The van der Waals surface area contributed by atoms with E-state index in [1.165, 1.54) is 17.9 Å². The Hall–Kier alpha value is -2.79. The van der Waals surface area contributed by atoms with Gasteiger partial charge in [-0.1, -0.05) is 29.8 Å². The Labute approximate surface area is 207 Å². The van der Waals surface area contributed by atoms with Crippen LogP contribution in [0.15, 0.2) is 48.5 Å². The molecule has 2 amide bonds. The van der Waals surface area contributed by atoms with Crippen molar-refractivity contribution in [1.82, 2.24) is 10.2 Å². The maximum atomic E-state index is 13.3. The van der Waals surface area contributed by atoms with Crippen molar-refractivity contribution in [1.29, 1.82) is 0 Å². The summed E-state index contributed by atoms with van der Waals surface area (Å²) in [5, 5.41) is 3.16. The quantitative estimate of drug-likeness (QED) is 0.526. The summed E-state index contributed by atoms with van der Waals surface area (Å²) in [4.78, 5) is 27.2. The molecule has 1 N–H and O–H groups in total. The third-order valence-electron chi connectivity index (χ3n) is 5.01. The molecule has 12 heteroatoms. The van der Waals surface area contributed by atoms with Crippen molar-refractivity contribution < 1.29 is 31.2 Å². The number of carbonyl (C=O) groups excluding carboxylic acids is 2. The number of sulfonamides is 1. The molecule has 7 nitrogen and oxygen atoms in total. The van der Waals surface area contributed by atoms with Crippen LogP contribution in [0, 0.1) is 0 Å². The second-order valence-electron chi connectivity index (χ2n) is 8.31. The van der Waals surface area contributed by atoms with Crippen molar-refractivity contribution in [3.63, 3.8) is 0 Å². The average Bonchev–Trinajstić information content (AvgIpc) is 2.74. The smallest absolute Gasteiger partial charge is 0.352 e. The molecule has 0 radical (unpaired) electrons. The summed E-state index contributed by atoms with van der Waals surface area (Å²) >= 11 is 5.91. The van der Waals surface area contributed by atoms with Crippen molar-refractivity contribution in [3.05, 3.63) is 64.7 Å². The van der Waals surface area contributed by atoms with Crippen molar-refractivity contribution in [2.75, 3.05) is 17.1 Å². The zero-order chi connectivity index (χ0) is 26.6. The summed E-state index contributed by atoms with van der Waals surface area (Å²) in [5.41, 5.74) is -0.753. The van der Waals surface area contributed by atoms with Gasteiger partial charge >= 0.3 is 6.18 Å². The molecule has 1 atom stereocenters. The predicted octanol–water partition coefficient (Wildman–Crippen LogP) is 4.07. The Balaban J connectivity index is 2.43. The van der Waals surface area contributed by atoms with E-state index in [0.717, 1.165) is 18.4 Å². The van der Waals surface area contributed by atoms with Crippen molar-refractivity contribution in [2.24, 2.45) is 0 Å². The highest BCUT2D eigenvalue weighted by atomic mass is 35.5. The largest absolute Gasteiger partial charge is 0.416 e. The van der Waals surface area contributed by atoms with Gasteiger partial charge in [-0.3, -0.25) is 13.9 Å². The topological polar surface area (TPSA) is 86.8 Å². The lowest BCUT2D eigenvalue weighted by molar-refractivity contribution is -0.139. The van der Waals surface area contributed by atoms with Crippen LogP contribution in [-0.4, -0.2) is 50.0 Å². The number of carbonyl (C=O) groups is 2. The number of anilines is 1. The van der Waals surface area contributed by atoms with E-state index in [1.807, 2.05) is 0 Å². The van der Waals surface area contributed by atoms with Gasteiger partial charge in [0.1, 0.15) is 12.6 Å². The summed E-state index contributed by atoms with van der Waals surface area (Å²) < 4.78 is 65.1. The van der Waals surface area contributed by atoms with E-state index in [2.05, 4.69) is 5.32 Å². The van der Waals surface area contributed by atoms with E-state index in [-0.39, 0.29) is 18.3 Å². The van der Waals surface area contributed by atoms with Crippen LogP contribution >= 0.6 is 11.6 Å². The van der Waals surface area contributed by atoms with Gasteiger partial charge in [0, 0.05) is 17.6 Å². The van der Waals surface area contributed by atoms with Crippen molar-refractivity contribution in [2.45, 2.75) is 45.6 Å². The molecule has 0 unspecified atom stereocenters. The minimum absolute atomic E-state index is 0.0527. The molecule has 0 aliphatic rings. The third-order valence-corrected chi connectivity index (χ3v) is 6.40. The zero-order valence-electron chi connectivity index (χ0n) is 19.6. The van der Waals surface area contributed by atoms with Gasteiger partial charge in [0.25, 0.3) is 0 Å². The van der Waals surface area contributed by atoms with Crippen LogP contribution in [0.5, 0.6) is 0 Å². The molecule has 0 aliphatic heterocycles. The van der Waals surface area contributed by atoms with Crippen LogP contribution in [-0.2, 0) is 32.3 Å². The number of halogens is 4. The average molecular weight is 534 g/mol. The maximum Gasteiger partial charge on any atom is 0.416 e. The summed E-state index contributed by atoms with van der Waals surface area (Å²) in [7, 11) is -4.15. The predicted molar refractivity (Wildman–Crippen MR) is 128 cm³/mol. The molecule has 0 saturated heterocycles. The van der Waals surface area contributed by atoms with Crippen molar-refractivity contribution in [3.8, 4) is 0 Å². The van der Waals surface area contributed by atoms with Gasteiger partial charge < -0.3 is 10.2 Å². The molecule has 2 rings (SSSR count). The Bertz CT molecular complexity index is 1160. The monoisotopic (exact) mass is 533 g/mol. The Morgan fingerprint density at radius 1 is 1.06 bits per heavy atom. The maximum absolute atomic E-state index is 13.3. The molecule has 192 valence electrons. The first kappa shape index (κ1) is 28.4. The fourth-order valence-corrected chi connectivity index (χ4v) is 4.19. The minimum Gasteiger partial charge on any atom is -0.352 e. The second-order valence-corrected chi connectivity index (χ2v) is 10.6. The molecule has 2 aromatic rings. The summed E-state index contributed by atoms with van der Waals surface area (Å²) in [6, 6.07) is 8.98. The van der Waals surface area contributed by atoms with Crippen LogP contribution < -0.4 is 9.62 Å². The number of nitrogens with one attached hydrogen (secondary N) is 1. The molecule has 0 aliphatic carbocycles. The summed E-state index contributed by atoms with van der Waals surface area (Å²) in [6.45, 7) is 4.13. The zero-order valence-corrected chi connectivity index (χ0v) is 21.2. The van der Waals surface area contributed by atoms with E-state index in [4.69, 9.17) is 11.6 Å². The number of amides is 2. The Kier molecular flexibility index (Phi) is 9.18. The normalized spacial score (nSPS) is 12.8. The first-order chi connectivity index (χ1) is 16.1. The van der Waals surface area contributed by atoms with Crippen LogP contribution in [0.4, 0.5) is 18.9 Å². The molecular weight excluding hydrogens is 507 g/mol. The molecule has 0 saturated carbocycles. The lowest BCUT2D eigenvalue weighted by Gasteiger charge is -2.32. The van der Waals surface area contributed by atoms with Crippen LogP contribution in [0.3, 0.4) is 0 Å². The SMILES string of the molecule is CC(C)NC(=O)[C@@H](C)N(Cc1ccc(Cl)cc1)C(=O)CN(c1cccc(C(F)(F)F)c1)S(C)(=O)=O. The number of hydrogen-bond donors (Lipinski definition) is 1. The van der Waals surface area contributed by atoms with Gasteiger partial charge in [-0.25, -0.2) is 8.42 Å². The first-order valence-electron chi connectivity index (χ1n) is 10.6. The van der Waals surface area contributed by atoms with Crippen LogP contribution in [0.1, 0.15) is 31.9 Å². The van der Waals surface area contributed by atoms with E-state index >= 15 is 0 Å². The highest BCUT2D eigenvalue weighted by Gasteiger charge is 2.33. The van der Waals surface area contributed by atoms with Gasteiger partial charge in [-0.15, -0.1) is 0 Å². The number of nitrogens with zero attached hydrogens (tertiary/aromatic N) is 2. The van der Waals surface area contributed by atoms with E-state index in [9.17, 15) is 31.2 Å². The highest BCUT2D eigenvalue weighted by molar-refractivity contribution is 7.92. The highest BCUT2D eigenvalue weighted by Crippen LogP contribution is 2.32. The van der Waals surface area contributed by atoms with E-state index in [0.29, 0.717) is 21.0 Å². The number of rotatable bonds is 9. The fourth-order valence-electron chi connectivity index (χ4n) is 3.23. The Morgan fingerprint density at radius 2 is 1.66 bits per heavy atom. The van der Waals surface area contributed by atoms with Gasteiger partial charge in [-0.05, 0) is 56.7 Å². The molecule has 2 aromatic carbocycles. The summed E-state index contributed by atoms with van der Waals surface area (Å²) in [6.07, 6.45) is -3.91. The second kappa shape index (κ2) is 11.3. The molecule has 0 aromatic heterocycles. The lowest BCUT2D eigenvalue weighted by Crippen LogP contribution is -2.52. The standard InChI is InChI=1S/C23H27ClF3N3O4S/c1-15(2)28-22(32)16(3)29(13-17-8-10-19(24)11-9-17)21(31)14-30(35(4,33)34)20-7-5-6-18(12-20)23(25,26)27/h5-12,15-16H,13-14H2,1-4H3,(H,28,32)/t16-/m1/s1. The number of benzene rings is 2. The van der Waals surface area contributed by atoms with Gasteiger partial charge in [0.2, 0.25) is 21.8 Å².